The van der Waals surface area contributed by atoms with Gasteiger partial charge in [-0.2, -0.15) is 0 Å². The van der Waals surface area contributed by atoms with Gasteiger partial charge in [0.1, 0.15) is 5.69 Å². The Labute approximate surface area is 130 Å². The fourth-order valence-electron chi connectivity index (χ4n) is 1.99. The van der Waals surface area contributed by atoms with Crippen molar-refractivity contribution in [3.05, 3.63) is 16.1 Å². The van der Waals surface area contributed by atoms with Crippen molar-refractivity contribution in [3.63, 3.8) is 0 Å². The van der Waals surface area contributed by atoms with Gasteiger partial charge < -0.3 is 10.6 Å². The highest BCUT2D eigenvalue weighted by atomic mass is 35.5. The maximum atomic E-state index is 12.1. The second-order valence-electron chi connectivity index (χ2n) is 5.02. The second kappa shape index (κ2) is 8.04. The molecule has 1 aliphatic heterocycles. The summed E-state index contributed by atoms with van der Waals surface area (Å²) in [5, 5.41) is 2.91. The van der Waals surface area contributed by atoms with Crippen LogP contribution in [0.1, 0.15) is 35.8 Å². The van der Waals surface area contributed by atoms with Crippen molar-refractivity contribution in [2.24, 2.45) is 11.7 Å². The number of amides is 1. The van der Waals surface area contributed by atoms with Crippen LogP contribution in [0, 0.1) is 5.92 Å². The molecule has 2 N–H and O–H groups in total. The van der Waals surface area contributed by atoms with Crippen molar-refractivity contribution in [2.75, 3.05) is 13.1 Å². The Kier molecular flexibility index (Phi) is 7.89. The minimum absolute atomic E-state index is 0. The van der Waals surface area contributed by atoms with Crippen molar-refractivity contribution in [2.45, 2.75) is 32.7 Å². The third-order valence-corrected chi connectivity index (χ3v) is 3.74. The van der Waals surface area contributed by atoms with E-state index >= 15 is 0 Å². The molecule has 1 aromatic rings. The Morgan fingerprint density at radius 2 is 2.26 bits per heavy atom. The van der Waals surface area contributed by atoms with E-state index in [1.54, 1.807) is 16.2 Å². The predicted octanol–water partition coefficient (Wildman–Crippen LogP) is 2.36. The average molecular weight is 326 g/mol. The molecule has 19 heavy (non-hydrogen) atoms. The largest absolute Gasteiger partial charge is 0.336 e. The number of carbonyl (C=O) groups is 1. The van der Waals surface area contributed by atoms with E-state index in [-0.39, 0.29) is 36.8 Å². The molecule has 0 spiro atoms. The molecule has 2 heterocycles. The molecule has 7 heteroatoms. The monoisotopic (exact) mass is 325 g/mol. The molecular weight excluding hydrogens is 305 g/mol. The number of carbonyl (C=O) groups excluding carboxylic acids is 1. The van der Waals surface area contributed by atoms with Crippen molar-refractivity contribution in [3.8, 4) is 0 Å². The van der Waals surface area contributed by atoms with E-state index in [0.717, 1.165) is 24.4 Å². The van der Waals surface area contributed by atoms with Crippen molar-refractivity contribution >= 4 is 42.1 Å². The van der Waals surface area contributed by atoms with Crippen LogP contribution in [0.5, 0.6) is 0 Å². The summed E-state index contributed by atoms with van der Waals surface area (Å²) in [7, 11) is 0. The van der Waals surface area contributed by atoms with Crippen LogP contribution in [-0.2, 0) is 6.42 Å². The standard InChI is InChI=1S/C12H19N3OS.2ClH/c1-8(2)5-11-14-10(7-17-11)12(16)15-4-3-9(13)6-15;;/h7-9H,3-6,13H2,1-2H3;2*1H/t9-;;/m1../s1. The average Bonchev–Trinajstić information content (AvgIpc) is 2.85. The van der Waals surface area contributed by atoms with Crippen LogP contribution in [0.2, 0.25) is 0 Å². The number of hydrogen-bond acceptors (Lipinski definition) is 4. The summed E-state index contributed by atoms with van der Waals surface area (Å²) < 4.78 is 0. The summed E-state index contributed by atoms with van der Waals surface area (Å²) in [5.41, 5.74) is 6.38. The van der Waals surface area contributed by atoms with Gasteiger partial charge in [0, 0.05) is 30.9 Å². The van der Waals surface area contributed by atoms with E-state index in [2.05, 4.69) is 18.8 Å². The van der Waals surface area contributed by atoms with Gasteiger partial charge in [-0.05, 0) is 12.3 Å². The van der Waals surface area contributed by atoms with Crippen LogP contribution in [0.15, 0.2) is 5.38 Å². The lowest BCUT2D eigenvalue weighted by molar-refractivity contribution is 0.0785. The maximum absolute atomic E-state index is 12.1. The van der Waals surface area contributed by atoms with Gasteiger partial charge >= 0.3 is 0 Å². The lowest BCUT2D eigenvalue weighted by Gasteiger charge is -2.13. The minimum Gasteiger partial charge on any atom is -0.336 e. The van der Waals surface area contributed by atoms with Gasteiger partial charge in [0.25, 0.3) is 5.91 Å². The molecule has 1 fully saturated rings. The van der Waals surface area contributed by atoms with Gasteiger partial charge in [0.05, 0.1) is 5.01 Å². The van der Waals surface area contributed by atoms with Crippen LogP contribution < -0.4 is 5.73 Å². The van der Waals surface area contributed by atoms with Gasteiger partial charge in [-0.1, -0.05) is 13.8 Å². The van der Waals surface area contributed by atoms with E-state index in [9.17, 15) is 4.79 Å². The number of thiazole rings is 1. The quantitative estimate of drug-likeness (QED) is 0.928. The molecule has 2 rings (SSSR count). The van der Waals surface area contributed by atoms with Crippen LogP contribution in [0.3, 0.4) is 0 Å². The van der Waals surface area contributed by atoms with Crippen molar-refractivity contribution in [1.82, 2.24) is 9.88 Å². The highest BCUT2D eigenvalue weighted by Crippen LogP contribution is 2.17. The zero-order valence-corrected chi connectivity index (χ0v) is 13.6. The number of nitrogens with zero attached hydrogens (tertiary/aromatic N) is 2. The highest BCUT2D eigenvalue weighted by Gasteiger charge is 2.25. The lowest BCUT2D eigenvalue weighted by Crippen LogP contribution is -2.32. The molecule has 0 bridgehead atoms. The van der Waals surface area contributed by atoms with Crippen LogP contribution in [-0.4, -0.2) is 34.9 Å². The lowest BCUT2D eigenvalue weighted by atomic mass is 10.1. The molecule has 4 nitrogen and oxygen atoms in total. The third-order valence-electron chi connectivity index (χ3n) is 2.87. The Morgan fingerprint density at radius 3 is 2.79 bits per heavy atom. The van der Waals surface area contributed by atoms with E-state index in [0.29, 0.717) is 18.2 Å². The number of nitrogens with two attached hydrogens (primary N) is 1. The number of rotatable bonds is 3. The molecular formula is C12H21Cl2N3OS. The first-order valence-electron chi connectivity index (χ1n) is 6.05. The highest BCUT2D eigenvalue weighted by molar-refractivity contribution is 7.09. The minimum atomic E-state index is 0. The molecule has 1 aliphatic rings. The van der Waals surface area contributed by atoms with E-state index in [1.165, 1.54) is 0 Å². The predicted molar refractivity (Wildman–Crippen MR) is 83.6 cm³/mol. The summed E-state index contributed by atoms with van der Waals surface area (Å²) in [5.74, 6) is 0.605. The van der Waals surface area contributed by atoms with Crippen molar-refractivity contribution < 1.29 is 4.79 Å². The van der Waals surface area contributed by atoms with Gasteiger partial charge in [0.2, 0.25) is 0 Å². The first-order chi connectivity index (χ1) is 8.06. The Hall–Kier alpha value is -0.360. The first-order valence-corrected chi connectivity index (χ1v) is 6.93. The molecule has 0 saturated carbocycles. The van der Waals surface area contributed by atoms with Crippen LogP contribution in [0.25, 0.3) is 0 Å². The summed E-state index contributed by atoms with van der Waals surface area (Å²) in [6.07, 6.45) is 1.84. The number of aromatic nitrogens is 1. The third kappa shape index (κ3) is 4.91. The SMILES string of the molecule is CC(C)Cc1nc(C(=O)N2CC[C@@H](N)C2)cs1.Cl.Cl. The molecule has 0 aromatic carbocycles. The van der Waals surface area contributed by atoms with E-state index in [4.69, 9.17) is 5.73 Å². The number of likely N-dealkylation sites (tertiary alicyclic amines) is 1. The molecule has 1 amide bonds. The van der Waals surface area contributed by atoms with Gasteiger partial charge in [-0.3, -0.25) is 4.79 Å². The number of halogens is 2. The second-order valence-corrected chi connectivity index (χ2v) is 5.97. The molecule has 1 saturated heterocycles. The normalized spacial score (nSPS) is 18.1. The molecule has 1 atom stereocenters. The van der Waals surface area contributed by atoms with Gasteiger partial charge in [0.15, 0.2) is 0 Å². The summed E-state index contributed by atoms with van der Waals surface area (Å²) >= 11 is 1.58. The van der Waals surface area contributed by atoms with Crippen LogP contribution in [0.4, 0.5) is 0 Å². The van der Waals surface area contributed by atoms with E-state index < -0.39 is 0 Å². The molecule has 0 unspecified atom stereocenters. The smallest absolute Gasteiger partial charge is 0.273 e. The molecule has 0 radical (unpaired) electrons. The fourth-order valence-corrected chi connectivity index (χ4v) is 2.97. The fraction of sp³-hybridized carbons (Fsp3) is 0.667. The van der Waals surface area contributed by atoms with Crippen molar-refractivity contribution in [1.29, 1.82) is 0 Å². The number of hydrogen-bond donors (Lipinski definition) is 1. The summed E-state index contributed by atoms with van der Waals surface area (Å²) in [6.45, 7) is 5.73. The first kappa shape index (κ1) is 18.6. The zero-order valence-electron chi connectivity index (χ0n) is 11.2. The van der Waals surface area contributed by atoms with Gasteiger partial charge in [-0.15, -0.1) is 36.2 Å². The summed E-state index contributed by atoms with van der Waals surface area (Å²) in [6, 6.07) is 0.132. The Bertz CT molecular complexity index is 411. The Balaban J connectivity index is 0.00000162. The molecule has 0 aliphatic carbocycles. The molecule has 1 aromatic heterocycles. The van der Waals surface area contributed by atoms with Gasteiger partial charge in [-0.25, -0.2) is 4.98 Å². The molecule has 110 valence electrons. The van der Waals surface area contributed by atoms with Crippen LogP contribution >= 0.6 is 36.2 Å². The Morgan fingerprint density at radius 1 is 1.58 bits per heavy atom. The zero-order chi connectivity index (χ0) is 12.4. The maximum Gasteiger partial charge on any atom is 0.273 e. The van der Waals surface area contributed by atoms with E-state index in [1.807, 2.05) is 5.38 Å². The topological polar surface area (TPSA) is 59.2 Å². The summed E-state index contributed by atoms with van der Waals surface area (Å²) in [4.78, 5) is 18.3.